The molecule has 0 amide bonds. The Balaban J connectivity index is 2.08. The van der Waals surface area contributed by atoms with Crippen molar-refractivity contribution in [3.05, 3.63) is 11.8 Å². The first-order valence-electron chi connectivity index (χ1n) is 5.19. The Kier molecular flexibility index (Phi) is 2.72. The summed E-state index contributed by atoms with van der Waals surface area (Å²) in [5.74, 6) is 1.78. The molecule has 78 valence electrons. The van der Waals surface area contributed by atoms with E-state index in [9.17, 15) is 0 Å². The van der Waals surface area contributed by atoms with Crippen molar-refractivity contribution in [3.63, 3.8) is 0 Å². The van der Waals surface area contributed by atoms with Gasteiger partial charge < -0.3 is 15.2 Å². The Bertz CT molecular complexity index is 289. The largest absolute Gasteiger partial charge is 0.362 e. The number of rotatable bonds is 2. The molecule has 0 atom stereocenters. The van der Waals surface area contributed by atoms with E-state index in [1.807, 2.05) is 0 Å². The van der Waals surface area contributed by atoms with Crippen molar-refractivity contribution in [2.45, 2.75) is 26.3 Å². The van der Waals surface area contributed by atoms with Crippen LogP contribution >= 0.6 is 0 Å². The minimum absolute atomic E-state index is 0.505. The Morgan fingerprint density at radius 1 is 1.57 bits per heavy atom. The molecule has 0 unspecified atom stereocenters. The van der Waals surface area contributed by atoms with Crippen LogP contribution in [0.4, 0.5) is 5.82 Å². The summed E-state index contributed by atoms with van der Waals surface area (Å²) in [6.07, 6.45) is 4.11. The lowest BCUT2D eigenvalue weighted by atomic mass is 9.99. The van der Waals surface area contributed by atoms with Gasteiger partial charge in [-0.25, -0.2) is 0 Å². The SMILES string of the molecule is CC1CCN(c2nocc2CN)CC1. The maximum Gasteiger partial charge on any atom is 0.176 e. The summed E-state index contributed by atoms with van der Waals surface area (Å²) in [6.45, 7) is 4.94. The minimum Gasteiger partial charge on any atom is -0.362 e. The summed E-state index contributed by atoms with van der Waals surface area (Å²) in [7, 11) is 0. The second kappa shape index (κ2) is 4.00. The first kappa shape index (κ1) is 9.52. The summed E-state index contributed by atoms with van der Waals surface area (Å²) in [5, 5.41) is 4.01. The van der Waals surface area contributed by atoms with Gasteiger partial charge in [-0.15, -0.1) is 0 Å². The number of nitrogens with two attached hydrogens (primary N) is 1. The fraction of sp³-hybridized carbons (Fsp3) is 0.700. The third kappa shape index (κ3) is 1.75. The van der Waals surface area contributed by atoms with Gasteiger partial charge in [0.2, 0.25) is 0 Å². The van der Waals surface area contributed by atoms with Crippen molar-refractivity contribution in [2.24, 2.45) is 11.7 Å². The molecular formula is C10H17N3O. The van der Waals surface area contributed by atoms with E-state index in [2.05, 4.69) is 17.0 Å². The highest BCUT2D eigenvalue weighted by Crippen LogP contribution is 2.24. The van der Waals surface area contributed by atoms with E-state index >= 15 is 0 Å². The average molecular weight is 195 g/mol. The number of piperidine rings is 1. The fourth-order valence-electron chi connectivity index (χ4n) is 1.87. The van der Waals surface area contributed by atoms with Crippen LogP contribution in [0.5, 0.6) is 0 Å². The van der Waals surface area contributed by atoms with Crippen molar-refractivity contribution >= 4 is 5.82 Å². The second-order valence-electron chi connectivity index (χ2n) is 4.04. The molecule has 0 radical (unpaired) electrons. The molecule has 2 N–H and O–H groups in total. The highest BCUT2D eigenvalue weighted by atomic mass is 16.5. The van der Waals surface area contributed by atoms with Gasteiger partial charge in [-0.3, -0.25) is 0 Å². The van der Waals surface area contributed by atoms with Crippen LogP contribution in [0.3, 0.4) is 0 Å². The highest BCUT2D eigenvalue weighted by molar-refractivity contribution is 5.44. The van der Waals surface area contributed by atoms with Gasteiger partial charge in [-0.1, -0.05) is 12.1 Å². The van der Waals surface area contributed by atoms with Crippen molar-refractivity contribution in [2.75, 3.05) is 18.0 Å². The molecule has 4 heteroatoms. The van der Waals surface area contributed by atoms with Gasteiger partial charge in [0.15, 0.2) is 5.82 Å². The van der Waals surface area contributed by atoms with Crippen LogP contribution in [-0.4, -0.2) is 18.2 Å². The number of anilines is 1. The molecule has 0 spiro atoms. The van der Waals surface area contributed by atoms with Gasteiger partial charge in [0.1, 0.15) is 6.26 Å². The second-order valence-corrected chi connectivity index (χ2v) is 4.04. The third-order valence-electron chi connectivity index (χ3n) is 2.92. The van der Waals surface area contributed by atoms with Gasteiger partial charge in [-0.05, 0) is 18.8 Å². The number of aromatic nitrogens is 1. The Morgan fingerprint density at radius 2 is 2.29 bits per heavy atom. The zero-order valence-corrected chi connectivity index (χ0v) is 8.57. The minimum atomic E-state index is 0.505. The first-order valence-corrected chi connectivity index (χ1v) is 5.19. The summed E-state index contributed by atoms with van der Waals surface area (Å²) >= 11 is 0. The lowest BCUT2D eigenvalue weighted by molar-refractivity contribution is 0.403. The molecule has 1 saturated heterocycles. The molecule has 14 heavy (non-hydrogen) atoms. The van der Waals surface area contributed by atoms with E-state index in [-0.39, 0.29) is 0 Å². The smallest absolute Gasteiger partial charge is 0.176 e. The Morgan fingerprint density at radius 3 is 2.93 bits per heavy atom. The lowest BCUT2D eigenvalue weighted by Crippen LogP contribution is -2.33. The topological polar surface area (TPSA) is 55.3 Å². The molecule has 2 rings (SSSR count). The monoisotopic (exact) mass is 195 g/mol. The van der Waals surface area contributed by atoms with Crippen LogP contribution in [0.15, 0.2) is 10.8 Å². The molecular weight excluding hydrogens is 178 g/mol. The van der Waals surface area contributed by atoms with Gasteiger partial charge in [0, 0.05) is 25.2 Å². The zero-order chi connectivity index (χ0) is 9.97. The Hall–Kier alpha value is -1.03. The van der Waals surface area contributed by atoms with Gasteiger partial charge in [-0.2, -0.15) is 0 Å². The number of hydrogen-bond acceptors (Lipinski definition) is 4. The highest BCUT2D eigenvalue weighted by Gasteiger charge is 2.20. The predicted octanol–water partition coefficient (Wildman–Crippen LogP) is 1.37. The van der Waals surface area contributed by atoms with Crippen LogP contribution in [0.1, 0.15) is 25.3 Å². The Labute approximate surface area is 84.0 Å². The van der Waals surface area contributed by atoms with Crippen LogP contribution in [0, 0.1) is 5.92 Å². The van der Waals surface area contributed by atoms with Gasteiger partial charge in [0.05, 0.1) is 0 Å². The van der Waals surface area contributed by atoms with E-state index in [4.69, 9.17) is 10.3 Å². The molecule has 1 aliphatic heterocycles. The molecule has 1 aromatic heterocycles. The molecule has 2 heterocycles. The maximum absolute atomic E-state index is 5.60. The summed E-state index contributed by atoms with van der Waals surface area (Å²) < 4.78 is 4.94. The van der Waals surface area contributed by atoms with E-state index in [0.29, 0.717) is 6.54 Å². The van der Waals surface area contributed by atoms with E-state index in [0.717, 1.165) is 30.4 Å². The molecule has 1 aromatic rings. The molecule has 1 fully saturated rings. The van der Waals surface area contributed by atoms with Crippen LogP contribution < -0.4 is 10.6 Å². The lowest BCUT2D eigenvalue weighted by Gasteiger charge is -2.30. The van der Waals surface area contributed by atoms with E-state index < -0.39 is 0 Å². The maximum atomic E-state index is 5.60. The summed E-state index contributed by atoms with van der Waals surface area (Å²) in [5.41, 5.74) is 6.62. The van der Waals surface area contributed by atoms with Gasteiger partial charge >= 0.3 is 0 Å². The average Bonchev–Trinajstić information content (AvgIpc) is 2.67. The first-order chi connectivity index (χ1) is 6.81. The number of hydrogen-bond donors (Lipinski definition) is 1. The van der Waals surface area contributed by atoms with Crippen molar-refractivity contribution in [3.8, 4) is 0 Å². The van der Waals surface area contributed by atoms with Crippen LogP contribution in [-0.2, 0) is 6.54 Å². The third-order valence-corrected chi connectivity index (χ3v) is 2.92. The summed E-state index contributed by atoms with van der Waals surface area (Å²) in [6, 6.07) is 0. The van der Waals surface area contributed by atoms with E-state index in [1.165, 1.54) is 12.8 Å². The summed E-state index contributed by atoms with van der Waals surface area (Å²) in [4.78, 5) is 2.27. The van der Waals surface area contributed by atoms with Crippen molar-refractivity contribution in [1.29, 1.82) is 0 Å². The molecule has 0 aliphatic carbocycles. The van der Waals surface area contributed by atoms with Crippen LogP contribution in [0.25, 0.3) is 0 Å². The standard InChI is InChI=1S/C10H17N3O/c1-8-2-4-13(5-3-8)10-9(6-11)7-14-12-10/h7-8H,2-6,11H2,1H3. The molecule has 0 bridgehead atoms. The number of nitrogens with zero attached hydrogens (tertiary/aromatic N) is 2. The van der Waals surface area contributed by atoms with Crippen molar-refractivity contribution < 1.29 is 4.52 Å². The molecule has 0 saturated carbocycles. The predicted molar refractivity (Wildman–Crippen MR) is 55.0 cm³/mol. The molecule has 4 nitrogen and oxygen atoms in total. The molecule has 0 aromatic carbocycles. The quantitative estimate of drug-likeness (QED) is 0.774. The zero-order valence-electron chi connectivity index (χ0n) is 8.57. The van der Waals surface area contributed by atoms with E-state index in [1.54, 1.807) is 6.26 Å². The van der Waals surface area contributed by atoms with Crippen LogP contribution in [0.2, 0.25) is 0 Å². The normalized spacial score (nSPS) is 18.9. The fourth-order valence-corrected chi connectivity index (χ4v) is 1.87. The van der Waals surface area contributed by atoms with Gasteiger partial charge in [0.25, 0.3) is 0 Å². The van der Waals surface area contributed by atoms with Crippen molar-refractivity contribution in [1.82, 2.24) is 5.16 Å². The molecule has 1 aliphatic rings.